The molecule has 0 saturated carbocycles. The van der Waals surface area contributed by atoms with Gasteiger partial charge in [0.1, 0.15) is 17.5 Å². The van der Waals surface area contributed by atoms with Crippen molar-refractivity contribution >= 4 is 33.2 Å². The van der Waals surface area contributed by atoms with Gasteiger partial charge in [-0.1, -0.05) is 48.0 Å². The predicted molar refractivity (Wildman–Crippen MR) is 129 cm³/mol. The zero-order valence-corrected chi connectivity index (χ0v) is 20.0. The van der Waals surface area contributed by atoms with E-state index in [0.29, 0.717) is 17.2 Å². The number of ether oxygens (including phenoxy) is 2. The van der Waals surface area contributed by atoms with Crippen LogP contribution in [-0.4, -0.2) is 34.6 Å². The van der Waals surface area contributed by atoms with Gasteiger partial charge in [0.2, 0.25) is 15.9 Å². The molecule has 0 fully saturated rings. The van der Waals surface area contributed by atoms with E-state index in [-0.39, 0.29) is 16.3 Å². The predicted octanol–water partition coefficient (Wildman–Crippen LogP) is 4.19. The van der Waals surface area contributed by atoms with E-state index in [0.717, 1.165) is 11.1 Å². The van der Waals surface area contributed by atoms with Crippen LogP contribution in [0.3, 0.4) is 0 Å². The number of anilines is 1. The Morgan fingerprint density at radius 2 is 1.64 bits per heavy atom. The standard InChI is InChI=1S/C24H25ClN2O5S/c1-16-9-11-23(32-3)20(13-16)26-24(28)21(14-17-7-5-4-6-8-17)27-33(29,30)18-10-12-22(31-2)19(25)15-18/h4-13,15,21,27H,14H2,1-3H3,(H,26,28). The SMILES string of the molecule is COc1ccc(S(=O)(=O)NC(Cc2ccccc2)C(=O)Nc2cc(C)ccc2OC)cc1Cl. The fourth-order valence-corrected chi connectivity index (χ4v) is 4.79. The summed E-state index contributed by atoms with van der Waals surface area (Å²) in [6, 6.07) is 17.5. The number of carbonyl (C=O) groups is 1. The normalized spacial score (nSPS) is 12.1. The third kappa shape index (κ3) is 6.25. The molecule has 3 aromatic carbocycles. The van der Waals surface area contributed by atoms with Crippen LogP contribution in [0.4, 0.5) is 5.69 Å². The number of aryl methyl sites for hydroxylation is 1. The number of carbonyl (C=O) groups excluding carboxylic acids is 1. The van der Waals surface area contributed by atoms with E-state index in [9.17, 15) is 13.2 Å². The topological polar surface area (TPSA) is 93.7 Å². The summed E-state index contributed by atoms with van der Waals surface area (Å²) in [5.41, 5.74) is 2.16. The number of sulfonamides is 1. The van der Waals surface area contributed by atoms with Gasteiger partial charge in [-0.2, -0.15) is 4.72 Å². The minimum Gasteiger partial charge on any atom is -0.495 e. The first kappa shape index (κ1) is 24.6. The summed E-state index contributed by atoms with van der Waals surface area (Å²) >= 11 is 6.11. The second kappa shape index (κ2) is 10.7. The van der Waals surface area contributed by atoms with Gasteiger partial charge in [0.25, 0.3) is 0 Å². The first-order chi connectivity index (χ1) is 15.7. The molecule has 0 aromatic heterocycles. The minimum absolute atomic E-state index is 0.0766. The maximum absolute atomic E-state index is 13.2. The molecule has 0 spiro atoms. The molecule has 0 aliphatic rings. The second-order valence-corrected chi connectivity index (χ2v) is 9.47. The van der Waals surface area contributed by atoms with Crippen LogP contribution < -0.4 is 19.5 Å². The Morgan fingerprint density at radius 3 is 2.27 bits per heavy atom. The Morgan fingerprint density at radius 1 is 0.970 bits per heavy atom. The Balaban J connectivity index is 1.92. The van der Waals surface area contributed by atoms with Gasteiger partial charge < -0.3 is 14.8 Å². The van der Waals surface area contributed by atoms with Crippen molar-refractivity contribution in [3.8, 4) is 11.5 Å². The molecule has 0 heterocycles. The third-order valence-electron chi connectivity index (χ3n) is 4.94. The van der Waals surface area contributed by atoms with Gasteiger partial charge in [0, 0.05) is 0 Å². The minimum atomic E-state index is -4.07. The summed E-state index contributed by atoms with van der Waals surface area (Å²) in [4.78, 5) is 13.2. The van der Waals surface area contributed by atoms with E-state index in [1.54, 1.807) is 12.1 Å². The molecule has 0 saturated heterocycles. The van der Waals surface area contributed by atoms with Crippen molar-refractivity contribution in [2.45, 2.75) is 24.3 Å². The summed E-state index contributed by atoms with van der Waals surface area (Å²) in [7, 11) is -1.13. The Labute approximate surface area is 198 Å². The Bertz CT molecular complexity index is 1230. The van der Waals surface area contributed by atoms with E-state index in [1.807, 2.05) is 43.3 Å². The molecule has 1 atom stereocenters. The van der Waals surface area contributed by atoms with Gasteiger partial charge in [0.05, 0.1) is 29.8 Å². The molecule has 0 aliphatic carbocycles. The van der Waals surface area contributed by atoms with Gasteiger partial charge in [-0.05, 0) is 54.8 Å². The molecule has 174 valence electrons. The van der Waals surface area contributed by atoms with Crippen molar-refractivity contribution in [1.82, 2.24) is 4.72 Å². The molecule has 33 heavy (non-hydrogen) atoms. The quantitative estimate of drug-likeness (QED) is 0.471. The first-order valence-corrected chi connectivity index (χ1v) is 11.9. The van der Waals surface area contributed by atoms with E-state index >= 15 is 0 Å². The van der Waals surface area contributed by atoms with Crippen LogP contribution in [0.1, 0.15) is 11.1 Å². The monoisotopic (exact) mass is 488 g/mol. The van der Waals surface area contributed by atoms with Crippen molar-refractivity contribution in [1.29, 1.82) is 0 Å². The molecule has 1 unspecified atom stereocenters. The second-order valence-electron chi connectivity index (χ2n) is 7.35. The van der Waals surface area contributed by atoms with Crippen molar-refractivity contribution < 1.29 is 22.7 Å². The molecule has 3 aromatic rings. The highest BCUT2D eigenvalue weighted by Gasteiger charge is 2.27. The van der Waals surface area contributed by atoms with Gasteiger partial charge in [-0.15, -0.1) is 0 Å². The van der Waals surface area contributed by atoms with E-state index in [4.69, 9.17) is 21.1 Å². The number of rotatable bonds is 9. The average Bonchev–Trinajstić information content (AvgIpc) is 2.79. The van der Waals surface area contributed by atoms with Gasteiger partial charge in [0.15, 0.2) is 0 Å². The van der Waals surface area contributed by atoms with Crippen LogP contribution in [0, 0.1) is 6.92 Å². The average molecular weight is 489 g/mol. The summed E-state index contributed by atoms with van der Waals surface area (Å²) in [5.74, 6) is 0.295. The van der Waals surface area contributed by atoms with Gasteiger partial charge in [-0.25, -0.2) is 8.42 Å². The van der Waals surface area contributed by atoms with Crippen molar-refractivity contribution in [3.05, 3.63) is 82.9 Å². The van der Waals surface area contributed by atoms with E-state index in [2.05, 4.69) is 10.0 Å². The zero-order valence-electron chi connectivity index (χ0n) is 18.5. The number of methoxy groups -OCH3 is 2. The lowest BCUT2D eigenvalue weighted by Gasteiger charge is -2.20. The number of hydrogen-bond donors (Lipinski definition) is 2. The largest absolute Gasteiger partial charge is 0.495 e. The van der Waals surface area contributed by atoms with Gasteiger partial charge >= 0.3 is 0 Å². The summed E-state index contributed by atoms with van der Waals surface area (Å²) < 4.78 is 39.1. The number of amides is 1. The highest BCUT2D eigenvalue weighted by molar-refractivity contribution is 7.89. The number of halogens is 1. The highest BCUT2D eigenvalue weighted by Crippen LogP contribution is 2.28. The molecule has 9 heteroatoms. The fourth-order valence-electron chi connectivity index (χ4n) is 3.25. The van der Waals surface area contributed by atoms with Crippen molar-refractivity contribution in [3.63, 3.8) is 0 Å². The lowest BCUT2D eigenvalue weighted by atomic mass is 10.1. The molecular formula is C24H25ClN2O5S. The molecule has 1 amide bonds. The van der Waals surface area contributed by atoms with Crippen LogP contribution in [0.2, 0.25) is 5.02 Å². The van der Waals surface area contributed by atoms with E-state index in [1.165, 1.54) is 32.4 Å². The highest BCUT2D eigenvalue weighted by atomic mass is 35.5. The number of benzene rings is 3. The Hall–Kier alpha value is -3.07. The number of nitrogens with one attached hydrogen (secondary N) is 2. The molecular weight excluding hydrogens is 464 g/mol. The molecule has 0 aliphatic heterocycles. The smallest absolute Gasteiger partial charge is 0.243 e. The van der Waals surface area contributed by atoms with Gasteiger partial charge in [-0.3, -0.25) is 4.79 Å². The maximum Gasteiger partial charge on any atom is 0.243 e. The maximum atomic E-state index is 13.2. The lowest BCUT2D eigenvalue weighted by Crippen LogP contribution is -2.45. The van der Waals surface area contributed by atoms with Crippen LogP contribution >= 0.6 is 11.6 Å². The van der Waals surface area contributed by atoms with Crippen molar-refractivity contribution in [2.24, 2.45) is 0 Å². The Kier molecular flexibility index (Phi) is 7.97. The third-order valence-corrected chi connectivity index (χ3v) is 6.71. The summed E-state index contributed by atoms with van der Waals surface area (Å²) in [6.07, 6.45) is 0.143. The summed E-state index contributed by atoms with van der Waals surface area (Å²) in [5, 5.41) is 2.94. The fraction of sp³-hybridized carbons (Fsp3) is 0.208. The van der Waals surface area contributed by atoms with Crippen LogP contribution in [0.15, 0.2) is 71.6 Å². The van der Waals surface area contributed by atoms with Crippen LogP contribution in [-0.2, 0) is 21.2 Å². The molecule has 7 nitrogen and oxygen atoms in total. The number of hydrogen-bond acceptors (Lipinski definition) is 5. The van der Waals surface area contributed by atoms with Crippen LogP contribution in [0.5, 0.6) is 11.5 Å². The van der Waals surface area contributed by atoms with E-state index < -0.39 is 22.0 Å². The molecule has 3 rings (SSSR count). The summed E-state index contributed by atoms with van der Waals surface area (Å²) in [6.45, 7) is 1.88. The lowest BCUT2D eigenvalue weighted by molar-refractivity contribution is -0.117. The zero-order chi connectivity index (χ0) is 24.0. The first-order valence-electron chi connectivity index (χ1n) is 10.1. The molecule has 0 radical (unpaired) electrons. The molecule has 2 N–H and O–H groups in total. The van der Waals surface area contributed by atoms with Crippen molar-refractivity contribution in [2.75, 3.05) is 19.5 Å². The van der Waals surface area contributed by atoms with Crippen LogP contribution in [0.25, 0.3) is 0 Å². The molecule has 0 bridgehead atoms.